The molecule has 2 N–H and O–H groups in total. The van der Waals surface area contributed by atoms with Crippen molar-refractivity contribution in [1.29, 1.82) is 0 Å². The summed E-state index contributed by atoms with van der Waals surface area (Å²) in [5, 5.41) is 9.07. The topological polar surface area (TPSA) is 70.7 Å². The standard InChI is InChI=1S/C14H16F2N4O/c1-7(2)12-18-13(20-19-12)14(21)17-8(3)10-5-4-9(15)6-11(10)16/h4-8H,1-3H3,(H,17,21)(H,18,19,20). The lowest BCUT2D eigenvalue weighted by atomic mass is 10.1. The Morgan fingerprint density at radius 3 is 2.57 bits per heavy atom. The predicted molar refractivity (Wildman–Crippen MR) is 72.7 cm³/mol. The highest BCUT2D eigenvalue weighted by molar-refractivity contribution is 5.90. The Morgan fingerprint density at radius 1 is 1.29 bits per heavy atom. The Bertz CT molecular complexity index is 654. The highest BCUT2D eigenvalue weighted by Gasteiger charge is 2.19. The average Bonchev–Trinajstić information content (AvgIpc) is 2.88. The van der Waals surface area contributed by atoms with Gasteiger partial charge in [0.1, 0.15) is 17.5 Å². The molecule has 0 spiro atoms. The van der Waals surface area contributed by atoms with Crippen LogP contribution < -0.4 is 5.32 Å². The Morgan fingerprint density at radius 2 is 2.00 bits per heavy atom. The summed E-state index contributed by atoms with van der Waals surface area (Å²) in [6.07, 6.45) is 0. The maximum Gasteiger partial charge on any atom is 0.291 e. The van der Waals surface area contributed by atoms with Gasteiger partial charge in [0, 0.05) is 17.5 Å². The molecule has 7 heteroatoms. The van der Waals surface area contributed by atoms with E-state index in [9.17, 15) is 13.6 Å². The van der Waals surface area contributed by atoms with Gasteiger partial charge in [-0.3, -0.25) is 9.89 Å². The van der Waals surface area contributed by atoms with Crippen LogP contribution in [0.5, 0.6) is 0 Å². The summed E-state index contributed by atoms with van der Waals surface area (Å²) in [6, 6.07) is 2.60. The number of halogens is 2. The molecule has 1 aromatic heterocycles. The number of rotatable bonds is 4. The molecule has 112 valence electrons. The summed E-state index contributed by atoms with van der Waals surface area (Å²) in [5.74, 6) is -1.18. The lowest BCUT2D eigenvalue weighted by Crippen LogP contribution is -2.28. The highest BCUT2D eigenvalue weighted by atomic mass is 19.1. The number of aromatic amines is 1. The van der Waals surface area contributed by atoms with E-state index in [-0.39, 0.29) is 17.3 Å². The minimum absolute atomic E-state index is 0.00642. The van der Waals surface area contributed by atoms with Crippen LogP contribution >= 0.6 is 0 Å². The largest absolute Gasteiger partial charge is 0.343 e. The van der Waals surface area contributed by atoms with Crippen molar-refractivity contribution in [2.45, 2.75) is 32.7 Å². The number of benzene rings is 1. The maximum atomic E-state index is 13.6. The molecule has 0 saturated carbocycles. The Balaban J connectivity index is 2.11. The van der Waals surface area contributed by atoms with E-state index in [4.69, 9.17) is 0 Å². The van der Waals surface area contributed by atoms with Gasteiger partial charge < -0.3 is 5.32 Å². The quantitative estimate of drug-likeness (QED) is 0.910. The molecule has 1 aromatic carbocycles. The van der Waals surface area contributed by atoms with Gasteiger partial charge in [-0.15, -0.1) is 5.10 Å². The molecule has 0 fully saturated rings. The highest BCUT2D eigenvalue weighted by Crippen LogP contribution is 2.18. The number of carbonyl (C=O) groups is 1. The second kappa shape index (κ2) is 5.99. The smallest absolute Gasteiger partial charge is 0.291 e. The van der Waals surface area contributed by atoms with Gasteiger partial charge in [0.25, 0.3) is 5.91 Å². The molecule has 0 aliphatic carbocycles. The van der Waals surface area contributed by atoms with Crippen LogP contribution in [0.1, 0.15) is 54.7 Å². The third-order valence-electron chi connectivity index (χ3n) is 3.03. The van der Waals surface area contributed by atoms with Crippen molar-refractivity contribution in [2.75, 3.05) is 0 Å². The molecule has 2 aromatic rings. The second-order valence-corrected chi connectivity index (χ2v) is 5.06. The van der Waals surface area contributed by atoms with E-state index in [1.807, 2.05) is 13.8 Å². The van der Waals surface area contributed by atoms with Crippen LogP contribution in [0.2, 0.25) is 0 Å². The number of hydrogen-bond acceptors (Lipinski definition) is 3. The van der Waals surface area contributed by atoms with Gasteiger partial charge in [-0.2, -0.15) is 0 Å². The van der Waals surface area contributed by atoms with Gasteiger partial charge in [0.2, 0.25) is 5.82 Å². The SMILES string of the molecule is CC(C)c1nc(C(=O)NC(C)c2ccc(F)cc2F)n[nH]1. The van der Waals surface area contributed by atoms with Crippen molar-refractivity contribution in [2.24, 2.45) is 0 Å². The van der Waals surface area contributed by atoms with Crippen LogP contribution in [0.3, 0.4) is 0 Å². The van der Waals surface area contributed by atoms with Crippen molar-refractivity contribution >= 4 is 5.91 Å². The zero-order chi connectivity index (χ0) is 15.6. The first-order chi connectivity index (χ1) is 9.88. The lowest BCUT2D eigenvalue weighted by molar-refractivity contribution is 0.0929. The van der Waals surface area contributed by atoms with E-state index in [0.717, 1.165) is 12.1 Å². The van der Waals surface area contributed by atoms with Crippen molar-refractivity contribution in [3.05, 3.63) is 47.0 Å². The Labute approximate surface area is 120 Å². The van der Waals surface area contributed by atoms with Crippen LogP contribution in [-0.4, -0.2) is 21.1 Å². The zero-order valence-corrected chi connectivity index (χ0v) is 11.9. The van der Waals surface area contributed by atoms with Crippen LogP contribution in [0.15, 0.2) is 18.2 Å². The molecule has 0 radical (unpaired) electrons. The summed E-state index contributed by atoms with van der Waals surface area (Å²) in [4.78, 5) is 16.1. The molecule has 0 aliphatic rings. The summed E-state index contributed by atoms with van der Waals surface area (Å²) in [6.45, 7) is 5.43. The molecule has 1 unspecified atom stereocenters. The number of amides is 1. The second-order valence-electron chi connectivity index (χ2n) is 5.06. The first kappa shape index (κ1) is 15.1. The van der Waals surface area contributed by atoms with Crippen LogP contribution in [0.4, 0.5) is 8.78 Å². The number of carbonyl (C=O) groups excluding carboxylic acids is 1. The molecule has 1 atom stereocenters. The monoisotopic (exact) mass is 294 g/mol. The van der Waals surface area contributed by atoms with E-state index in [0.29, 0.717) is 5.82 Å². The molecule has 0 aliphatic heterocycles. The third kappa shape index (κ3) is 3.42. The van der Waals surface area contributed by atoms with Crippen molar-refractivity contribution in [3.8, 4) is 0 Å². The summed E-state index contributed by atoms with van der Waals surface area (Å²) < 4.78 is 26.5. The number of nitrogens with one attached hydrogen (secondary N) is 2. The first-order valence-electron chi connectivity index (χ1n) is 6.56. The van der Waals surface area contributed by atoms with E-state index < -0.39 is 23.6 Å². The minimum Gasteiger partial charge on any atom is -0.343 e. The predicted octanol–water partition coefficient (Wildman–Crippen LogP) is 2.70. The summed E-state index contributed by atoms with van der Waals surface area (Å²) in [7, 11) is 0. The van der Waals surface area contributed by atoms with Gasteiger partial charge in [-0.25, -0.2) is 13.8 Å². The summed E-state index contributed by atoms with van der Waals surface area (Å²) >= 11 is 0. The van der Waals surface area contributed by atoms with Crippen molar-refractivity contribution in [3.63, 3.8) is 0 Å². The molecule has 1 amide bonds. The number of nitrogens with zero attached hydrogens (tertiary/aromatic N) is 2. The van der Waals surface area contributed by atoms with E-state index in [2.05, 4.69) is 20.5 Å². The first-order valence-corrected chi connectivity index (χ1v) is 6.56. The number of hydrogen-bond donors (Lipinski definition) is 2. The van der Waals surface area contributed by atoms with Gasteiger partial charge in [0.05, 0.1) is 6.04 Å². The fourth-order valence-electron chi connectivity index (χ4n) is 1.83. The Kier molecular flexibility index (Phi) is 4.30. The molecule has 21 heavy (non-hydrogen) atoms. The molecular weight excluding hydrogens is 278 g/mol. The number of aromatic nitrogens is 3. The van der Waals surface area contributed by atoms with Gasteiger partial charge >= 0.3 is 0 Å². The lowest BCUT2D eigenvalue weighted by Gasteiger charge is -2.13. The van der Waals surface area contributed by atoms with Crippen molar-refractivity contribution in [1.82, 2.24) is 20.5 Å². The summed E-state index contributed by atoms with van der Waals surface area (Å²) in [5.41, 5.74) is 0.198. The van der Waals surface area contributed by atoms with Crippen LogP contribution in [-0.2, 0) is 0 Å². The molecular formula is C14H16F2N4O. The number of H-pyrrole nitrogens is 1. The fraction of sp³-hybridized carbons (Fsp3) is 0.357. The molecule has 0 saturated heterocycles. The van der Waals surface area contributed by atoms with Gasteiger partial charge in [0.15, 0.2) is 0 Å². The van der Waals surface area contributed by atoms with E-state index >= 15 is 0 Å². The third-order valence-corrected chi connectivity index (χ3v) is 3.03. The maximum absolute atomic E-state index is 13.6. The average molecular weight is 294 g/mol. The van der Waals surface area contributed by atoms with Crippen LogP contribution in [0.25, 0.3) is 0 Å². The zero-order valence-electron chi connectivity index (χ0n) is 11.9. The van der Waals surface area contributed by atoms with E-state index in [1.54, 1.807) is 6.92 Å². The molecule has 5 nitrogen and oxygen atoms in total. The fourth-order valence-corrected chi connectivity index (χ4v) is 1.83. The van der Waals surface area contributed by atoms with Gasteiger partial charge in [-0.05, 0) is 13.0 Å². The van der Waals surface area contributed by atoms with Gasteiger partial charge in [-0.1, -0.05) is 19.9 Å². The molecule has 0 bridgehead atoms. The molecule has 1 heterocycles. The van der Waals surface area contributed by atoms with Crippen molar-refractivity contribution < 1.29 is 13.6 Å². The Hall–Kier alpha value is -2.31. The minimum atomic E-state index is -0.708. The normalized spacial score (nSPS) is 12.5. The van der Waals surface area contributed by atoms with Crippen LogP contribution in [0, 0.1) is 11.6 Å². The van der Waals surface area contributed by atoms with E-state index in [1.165, 1.54) is 6.07 Å². The molecule has 2 rings (SSSR count).